The minimum absolute atomic E-state index is 0.0775. The fourth-order valence-electron chi connectivity index (χ4n) is 2.47. The Morgan fingerprint density at radius 1 is 1.31 bits per heavy atom. The maximum absolute atomic E-state index is 11.8. The molecule has 0 N–H and O–H groups in total. The Morgan fingerprint density at radius 3 is 2.56 bits per heavy atom. The summed E-state index contributed by atoms with van der Waals surface area (Å²) in [6.45, 7) is 5.60. The van der Waals surface area contributed by atoms with Crippen LogP contribution in [0.15, 0.2) is 0 Å². The van der Waals surface area contributed by atoms with E-state index < -0.39 is 0 Å². The number of nitrogens with zero attached hydrogens (tertiary/aromatic N) is 1. The molecule has 2 rings (SSSR count). The second-order valence-corrected chi connectivity index (χ2v) is 5.02. The number of ether oxygens (including phenoxy) is 2. The first-order valence-electron chi connectivity index (χ1n) is 6.20. The Balaban J connectivity index is 1.74. The summed E-state index contributed by atoms with van der Waals surface area (Å²) in [6, 6.07) is 0. The van der Waals surface area contributed by atoms with Crippen LogP contribution in [0.1, 0.15) is 32.6 Å². The minimum atomic E-state index is -0.191. The summed E-state index contributed by atoms with van der Waals surface area (Å²) in [6.07, 6.45) is 4.40. The fourth-order valence-corrected chi connectivity index (χ4v) is 2.47. The molecule has 1 aliphatic carbocycles. The van der Waals surface area contributed by atoms with Gasteiger partial charge in [0.25, 0.3) is 0 Å². The number of hydrogen-bond donors (Lipinski definition) is 0. The lowest BCUT2D eigenvalue weighted by Crippen LogP contribution is -2.42. The smallest absolute Gasteiger partial charge is 0.320 e. The topological polar surface area (TPSA) is 38.8 Å². The maximum atomic E-state index is 11.8. The van der Waals surface area contributed by atoms with Gasteiger partial charge in [0, 0.05) is 13.1 Å². The van der Waals surface area contributed by atoms with E-state index in [9.17, 15) is 4.79 Å². The maximum Gasteiger partial charge on any atom is 0.320 e. The molecule has 16 heavy (non-hydrogen) atoms. The monoisotopic (exact) mass is 227 g/mol. The molecule has 0 aromatic carbocycles. The fraction of sp³-hybridized carbons (Fsp3) is 0.917. The summed E-state index contributed by atoms with van der Waals surface area (Å²) in [5.41, 5.74) is -0.191. The Hall–Kier alpha value is -0.610. The SMILES string of the molecule is CC1(OC(=O)CN2CCOCC2)CCCC1. The van der Waals surface area contributed by atoms with Gasteiger partial charge in [0.1, 0.15) is 5.60 Å². The highest BCUT2D eigenvalue weighted by Crippen LogP contribution is 2.32. The van der Waals surface area contributed by atoms with Crippen LogP contribution in [-0.4, -0.2) is 49.3 Å². The van der Waals surface area contributed by atoms with Crippen molar-refractivity contribution in [2.24, 2.45) is 0 Å². The van der Waals surface area contributed by atoms with E-state index >= 15 is 0 Å². The summed E-state index contributed by atoms with van der Waals surface area (Å²) in [7, 11) is 0. The molecule has 0 unspecified atom stereocenters. The normalized spacial score (nSPS) is 25.6. The second kappa shape index (κ2) is 5.15. The van der Waals surface area contributed by atoms with Crippen LogP contribution < -0.4 is 0 Å². The van der Waals surface area contributed by atoms with Crippen LogP contribution in [0.3, 0.4) is 0 Å². The predicted octanol–water partition coefficient (Wildman–Crippen LogP) is 1.19. The van der Waals surface area contributed by atoms with Crippen LogP contribution >= 0.6 is 0 Å². The third-order valence-electron chi connectivity index (χ3n) is 3.48. The molecule has 0 spiro atoms. The van der Waals surface area contributed by atoms with Gasteiger partial charge in [-0.25, -0.2) is 0 Å². The quantitative estimate of drug-likeness (QED) is 0.679. The second-order valence-electron chi connectivity index (χ2n) is 5.02. The zero-order valence-corrected chi connectivity index (χ0v) is 10.0. The highest BCUT2D eigenvalue weighted by atomic mass is 16.6. The average Bonchev–Trinajstić information content (AvgIpc) is 2.66. The van der Waals surface area contributed by atoms with Crippen molar-refractivity contribution in [2.45, 2.75) is 38.2 Å². The lowest BCUT2D eigenvalue weighted by Gasteiger charge is -2.29. The van der Waals surface area contributed by atoms with E-state index in [2.05, 4.69) is 11.8 Å². The minimum Gasteiger partial charge on any atom is -0.458 e. The molecule has 92 valence electrons. The molecule has 2 aliphatic rings. The molecule has 0 atom stereocenters. The van der Waals surface area contributed by atoms with Gasteiger partial charge in [0.05, 0.1) is 19.8 Å². The molecule has 4 heteroatoms. The van der Waals surface area contributed by atoms with Crippen molar-refractivity contribution in [3.63, 3.8) is 0 Å². The number of esters is 1. The van der Waals surface area contributed by atoms with Crippen molar-refractivity contribution in [1.82, 2.24) is 4.90 Å². The molecular weight excluding hydrogens is 206 g/mol. The highest BCUT2D eigenvalue weighted by molar-refractivity contribution is 5.72. The average molecular weight is 227 g/mol. The standard InChI is InChI=1S/C12H21NO3/c1-12(4-2-3-5-12)16-11(14)10-13-6-8-15-9-7-13/h2-10H2,1H3. The number of carbonyl (C=O) groups is 1. The number of hydrogen-bond acceptors (Lipinski definition) is 4. The summed E-state index contributed by atoms with van der Waals surface area (Å²) in [5, 5.41) is 0. The van der Waals surface area contributed by atoms with Crippen LogP contribution in [0.4, 0.5) is 0 Å². The molecule has 0 bridgehead atoms. The molecule has 2 fully saturated rings. The zero-order valence-electron chi connectivity index (χ0n) is 10.0. The van der Waals surface area contributed by atoms with Crippen LogP contribution in [-0.2, 0) is 14.3 Å². The summed E-state index contributed by atoms with van der Waals surface area (Å²) >= 11 is 0. The number of rotatable bonds is 3. The van der Waals surface area contributed by atoms with E-state index in [1.165, 1.54) is 12.8 Å². The number of morpholine rings is 1. The van der Waals surface area contributed by atoms with Crippen molar-refractivity contribution in [2.75, 3.05) is 32.8 Å². The van der Waals surface area contributed by atoms with Crippen molar-refractivity contribution in [3.05, 3.63) is 0 Å². The zero-order chi connectivity index (χ0) is 11.4. The third-order valence-corrected chi connectivity index (χ3v) is 3.48. The van der Waals surface area contributed by atoms with E-state index in [1.54, 1.807) is 0 Å². The lowest BCUT2D eigenvalue weighted by molar-refractivity contribution is -0.159. The number of carbonyl (C=O) groups excluding carboxylic acids is 1. The van der Waals surface area contributed by atoms with E-state index in [-0.39, 0.29) is 11.6 Å². The Labute approximate surface area is 96.9 Å². The summed E-state index contributed by atoms with van der Waals surface area (Å²) in [5.74, 6) is -0.0775. The lowest BCUT2D eigenvalue weighted by atomic mass is 10.1. The molecule has 0 aromatic heterocycles. The van der Waals surface area contributed by atoms with Crippen LogP contribution in [0.25, 0.3) is 0 Å². The van der Waals surface area contributed by atoms with E-state index in [1.807, 2.05) is 0 Å². The molecule has 4 nitrogen and oxygen atoms in total. The third kappa shape index (κ3) is 3.19. The van der Waals surface area contributed by atoms with Gasteiger partial charge in [0.2, 0.25) is 0 Å². The van der Waals surface area contributed by atoms with Gasteiger partial charge < -0.3 is 9.47 Å². The first kappa shape index (κ1) is 11.9. The highest BCUT2D eigenvalue weighted by Gasteiger charge is 2.32. The van der Waals surface area contributed by atoms with Crippen molar-refractivity contribution < 1.29 is 14.3 Å². The first-order chi connectivity index (χ1) is 7.68. The van der Waals surface area contributed by atoms with Crippen molar-refractivity contribution >= 4 is 5.97 Å². The molecule has 1 heterocycles. The van der Waals surface area contributed by atoms with Crippen LogP contribution in [0.2, 0.25) is 0 Å². The molecule has 1 saturated heterocycles. The molecule has 0 radical (unpaired) electrons. The first-order valence-corrected chi connectivity index (χ1v) is 6.20. The predicted molar refractivity (Wildman–Crippen MR) is 60.2 cm³/mol. The van der Waals surface area contributed by atoms with Crippen LogP contribution in [0.5, 0.6) is 0 Å². The van der Waals surface area contributed by atoms with Gasteiger partial charge in [-0.05, 0) is 32.6 Å². The van der Waals surface area contributed by atoms with E-state index in [0.29, 0.717) is 6.54 Å². The van der Waals surface area contributed by atoms with E-state index in [0.717, 1.165) is 39.1 Å². The van der Waals surface area contributed by atoms with Gasteiger partial charge in [-0.2, -0.15) is 0 Å². The van der Waals surface area contributed by atoms with E-state index in [4.69, 9.17) is 9.47 Å². The molecular formula is C12H21NO3. The molecule has 1 saturated carbocycles. The van der Waals surface area contributed by atoms with Gasteiger partial charge in [0.15, 0.2) is 0 Å². The van der Waals surface area contributed by atoms with Crippen LogP contribution in [0, 0.1) is 0 Å². The van der Waals surface area contributed by atoms with Gasteiger partial charge in [-0.15, -0.1) is 0 Å². The van der Waals surface area contributed by atoms with Crippen molar-refractivity contribution in [1.29, 1.82) is 0 Å². The summed E-state index contributed by atoms with van der Waals surface area (Å²) < 4.78 is 10.8. The van der Waals surface area contributed by atoms with Gasteiger partial charge in [-0.3, -0.25) is 9.69 Å². The largest absolute Gasteiger partial charge is 0.458 e. The molecule has 1 aliphatic heterocycles. The van der Waals surface area contributed by atoms with Gasteiger partial charge >= 0.3 is 5.97 Å². The molecule has 0 aromatic rings. The Morgan fingerprint density at radius 2 is 1.94 bits per heavy atom. The van der Waals surface area contributed by atoms with Crippen molar-refractivity contribution in [3.8, 4) is 0 Å². The summed E-state index contributed by atoms with van der Waals surface area (Å²) in [4.78, 5) is 13.9. The Bertz CT molecular complexity index is 243. The molecule has 0 amide bonds. The van der Waals surface area contributed by atoms with Gasteiger partial charge in [-0.1, -0.05) is 0 Å². The Kier molecular flexibility index (Phi) is 3.82.